The van der Waals surface area contributed by atoms with Crippen LogP contribution in [0.3, 0.4) is 0 Å². The minimum atomic E-state index is -0.133. The maximum absolute atomic E-state index is 12.6. The number of carbonyl (C=O) groups excluding carboxylic acids is 1. The highest BCUT2D eigenvalue weighted by atomic mass is 79.9. The van der Waals surface area contributed by atoms with Crippen molar-refractivity contribution in [3.63, 3.8) is 0 Å². The summed E-state index contributed by atoms with van der Waals surface area (Å²) in [4.78, 5) is 12.6. The van der Waals surface area contributed by atoms with Gasteiger partial charge in [-0.25, -0.2) is 0 Å². The molecule has 1 aliphatic heterocycles. The van der Waals surface area contributed by atoms with Gasteiger partial charge in [-0.2, -0.15) is 0 Å². The van der Waals surface area contributed by atoms with E-state index in [-0.39, 0.29) is 5.78 Å². The van der Waals surface area contributed by atoms with Gasteiger partial charge in [0.05, 0.1) is 5.56 Å². The zero-order chi connectivity index (χ0) is 18.8. The third-order valence-corrected chi connectivity index (χ3v) is 4.81. The Kier molecular flexibility index (Phi) is 5.01. The first-order chi connectivity index (χ1) is 13.1. The van der Waals surface area contributed by atoms with Crippen molar-refractivity contribution in [3.8, 4) is 11.5 Å². The number of hydrogen-bond donors (Lipinski definition) is 0. The van der Waals surface area contributed by atoms with Crippen molar-refractivity contribution in [3.05, 3.63) is 98.7 Å². The number of halogens is 2. The summed E-state index contributed by atoms with van der Waals surface area (Å²) in [7, 11) is 0. The number of ether oxygens (including phenoxy) is 2. The summed E-state index contributed by atoms with van der Waals surface area (Å²) in [5, 5.41) is 0.668. The molecule has 0 saturated heterocycles. The molecule has 0 amide bonds. The van der Waals surface area contributed by atoms with E-state index in [9.17, 15) is 4.79 Å². The highest BCUT2D eigenvalue weighted by Gasteiger charge is 2.27. The number of fused-ring (bicyclic) bond motifs is 1. The molecule has 4 rings (SSSR count). The van der Waals surface area contributed by atoms with E-state index in [4.69, 9.17) is 21.1 Å². The maximum atomic E-state index is 12.6. The van der Waals surface area contributed by atoms with Crippen LogP contribution in [0, 0.1) is 0 Å². The minimum Gasteiger partial charge on any atom is -0.489 e. The summed E-state index contributed by atoms with van der Waals surface area (Å²) >= 11 is 9.42. The molecule has 27 heavy (non-hydrogen) atoms. The molecule has 3 aromatic rings. The summed E-state index contributed by atoms with van der Waals surface area (Å²) in [6.45, 7) is 0.383. The van der Waals surface area contributed by atoms with E-state index < -0.39 is 0 Å². The molecule has 0 N–H and O–H groups in total. The third kappa shape index (κ3) is 4.07. The Labute approximate surface area is 170 Å². The van der Waals surface area contributed by atoms with E-state index in [1.165, 1.54) is 0 Å². The Bertz CT molecular complexity index is 1060. The van der Waals surface area contributed by atoms with Crippen LogP contribution >= 0.6 is 27.5 Å². The molecular weight excluding hydrogens is 428 g/mol. The zero-order valence-corrected chi connectivity index (χ0v) is 16.5. The monoisotopic (exact) mass is 440 g/mol. The first-order valence-electron chi connectivity index (χ1n) is 8.29. The summed E-state index contributed by atoms with van der Waals surface area (Å²) in [5.74, 6) is 1.30. The van der Waals surface area contributed by atoms with Gasteiger partial charge in [0.2, 0.25) is 5.78 Å². The van der Waals surface area contributed by atoms with E-state index in [1.807, 2.05) is 48.5 Å². The minimum absolute atomic E-state index is 0.133. The van der Waals surface area contributed by atoms with Gasteiger partial charge >= 0.3 is 0 Å². The van der Waals surface area contributed by atoms with Gasteiger partial charge in [0.15, 0.2) is 5.76 Å². The predicted molar refractivity (Wildman–Crippen MR) is 109 cm³/mol. The molecule has 0 radical (unpaired) electrons. The Balaban J connectivity index is 1.52. The second kappa shape index (κ2) is 7.59. The van der Waals surface area contributed by atoms with Crippen molar-refractivity contribution in [1.82, 2.24) is 0 Å². The van der Waals surface area contributed by atoms with Crippen LogP contribution in [-0.2, 0) is 6.61 Å². The van der Waals surface area contributed by atoms with Crippen molar-refractivity contribution in [2.45, 2.75) is 6.61 Å². The van der Waals surface area contributed by atoms with Crippen LogP contribution in [0.5, 0.6) is 11.5 Å². The fraction of sp³-hybridized carbons (Fsp3) is 0.0455. The molecule has 0 aromatic heterocycles. The predicted octanol–water partition coefficient (Wildman–Crippen LogP) is 6.30. The van der Waals surface area contributed by atoms with E-state index >= 15 is 0 Å². The molecule has 0 bridgehead atoms. The largest absolute Gasteiger partial charge is 0.489 e. The van der Waals surface area contributed by atoms with E-state index in [1.54, 1.807) is 24.3 Å². The number of carbonyl (C=O) groups is 1. The van der Waals surface area contributed by atoms with Crippen LogP contribution in [0.1, 0.15) is 21.5 Å². The SMILES string of the molecule is O=C1/C(=C/c2cccc(Br)c2)Oc2cc(OCc3cccc(Cl)c3)ccc21. The van der Waals surface area contributed by atoms with E-state index in [2.05, 4.69) is 15.9 Å². The smallest absolute Gasteiger partial charge is 0.231 e. The Morgan fingerprint density at radius 3 is 2.70 bits per heavy atom. The van der Waals surface area contributed by atoms with Gasteiger partial charge in [-0.1, -0.05) is 51.8 Å². The van der Waals surface area contributed by atoms with Crippen LogP contribution in [0.15, 0.2) is 77.0 Å². The topological polar surface area (TPSA) is 35.5 Å². The maximum Gasteiger partial charge on any atom is 0.231 e. The van der Waals surface area contributed by atoms with Crippen LogP contribution < -0.4 is 9.47 Å². The van der Waals surface area contributed by atoms with Crippen molar-refractivity contribution in [2.24, 2.45) is 0 Å². The Morgan fingerprint density at radius 1 is 1.04 bits per heavy atom. The lowest BCUT2D eigenvalue weighted by Gasteiger charge is -2.07. The Morgan fingerprint density at radius 2 is 1.89 bits per heavy atom. The molecular formula is C22H14BrClO3. The van der Waals surface area contributed by atoms with Crippen molar-refractivity contribution in [2.75, 3.05) is 0 Å². The molecule has 0 aliphatic carbocycles. The molecule has 1 aliphatic rings. The number of Topliss-reactive ketones (excluding diaryl/α,β-unsaturated/α-hetero) is 1. The molecule has 0 spiro atoms. The van der Waals surface area contributed by atoms with Gasteiger partial charge in [0.25, 0.3) is 0 Å². The average molecular weight is 442 g/mol. The van der Waals surface area contributed by atoms with Crippen LogP contribution in [-0.4, -0.2) is 5.78 Å². The molecule has 0 saturated carbocycles. The number of allylic oxidation sites excluding steroid dienone is 1. The summed E-state index contributed by atoms with van der Waals surface area (Å²) in [6.07, 6.45) is 1.74. The van der Waals surface area contributed by atoms with Crippen LogP contribution in [0.25, 0.3) is 6.08 Å². The lowest BCUT2D eigenvalue weighted by atomic mass is 10.1. The van der Waals surface area contributed by atoms with Gasteiger partial charge in [0, 0.05) is 15.6 Å². The van der Waals surface area contributed by atoms with Gasteiger partial charge < -0.3 is 9.47 Å². The molecule has 3 aromatic carbocycles. The lowest BCUT2D eigenvalue weighted by molar-refractivity contribution is 0.101. The van der Waals surface area contributed by atoms with E-state index in [0.29, 0.717) is 34.5 Å². The molecule has 0 fully saturated rings. The highest BCUT2D eigenvalue weighted by molar-refractivity contribution is 9.10. The first kappa shape index (κ1) is 17.8. The molecule has 134 valence electrons. The number of rotatable bonds is 4. The van der Waals surface area contributed by atoms with Crippen molar-refractivity contribution >= 4 is 39.4 Å². The summed E-state index contributed by atoms with van der Waals surface area (Å²) < 4.78 is 12.5. The standard InChI is InChI=1S/C22H14BrClO3/c23-16-5-1-3-14(9-16)11-21-22(25)19-8-7-18(12-20(19)27-21)26-13-15-4-2-6-17(24)10-15/h1-12H,13H2/b21-11-. The lowest BCUT2D eigenvalue weighted by Crippen LogP contribution is -1.98. The second-order valence-electron chi connectivity index (χ2n) is 6.07. The summed E-state index contributed by atoms with van der Waals surface area (Å²) in [5.41, 5.74) is 2.39. The average Bonchev–Trinajstić information content (AvgIpc) is 2.95. The van der Waals surface area contributed by atoms with Gasteiger partial charge in [-0.15, -0.1) is 0 Å². The summed E-state index contributed by atoms with van der Waals surface area (Å²) in [6, 6.07) is 20.4. The number of ketones is 1. The number of hydrogen-bond acceptors (Lipinski definition) is 3. The normalized spacial score (nSPS) is 14.1. The second-order valence-corrected chi connectivity index (χ2v) is 7.42. The van der Waals surface area contributed by atoms with Gasteiger partial charge in [-0.05, 0) is 53.6 Å². The quantitative estimate of drug-likeness (QED) is 0.446. The van der Waals surface area contributed by atoms with Crippen LogP contribution in [0.4, 0.5) is 0 Å². The first-order valence-corrected chi connectivity index (χ1v) is 9.47. The number of benzene rings is 3. The fourth-order valence-electron chi connectivity index (χ4n) is 2.80. The van der Waals surface area contributed by atoms with Gasteiger partial charge in [0.1, 0.15) is 18.1 Å². The van der Waals surface area contributed by atoms with Crippen molar-refractivity contribution in [1.29, 1.82) is 0 Å². The molecule has 0 unspecified atom stereocenters. The molecule has 3 nitrogen and oxygen atoms in total. The zero-order valence-electron chi connectivity index (χ0n) is 14.1. The molecule has 5 heteroatoms. The van der Waals surface area contributed by atoms with Gasteiger partial charge in [-0.3, -0.25) is 4.79 Å². The molecule has 0 atom stereocenters. The molecule has 1 heterocycles. The Hall–Kier alpha value is -2.56. The van der Waals surface area contributed by atoms with Crippen LogP contribution in [0.2, 0.25) is 5.02 Å². The van der Waals surface area contributed by atoms with E-state index in [0.717, 1.165) is 15.6 Å². The fourth-order valence-corrected chi connectivity index (χ4v) is 3.43. The van der Waals surface area contributed by atoms with Crippen molar-refractivity contribution < 1.29 is 14.3 Å². The third-order valence-electron chi connectivity index (χ3n) is 4.08. The highest BCUT2D eigenvalue weighted by Crippen LogP contribution is 2.35.